The normalized spacial score (nSPS) is 24.9. The first kappa shape index (κ1) is 9.98. The largest absolute Gasteiger partial charge is 0.322 e. The molecule has 4 nitrogen and oxygen atoms in total. The molecule has 2 N–H and O–H groups in total. The topological polar surface area (TPSA) is 58.2 Å². The Bertz CT molecular complexity index is 447. The molecule has 1 unspecified atom stereocenters. The van der Waals surface area contributed by atoms with Crippen LogP contribution < -0.4 is 10.6 Å². The van der Waals surface area contributed by atoms with Crippen molar-refractivity contribution < 1.29 is 9.59 Å². The molecule has 5 heteroatoms. The molecule has 1 heterocycles. The van der Waals surface area contributed by atoms with Crippen molar-refractivity contribution in [3.63, 3.8) is 0 Å². The highest BCUT2D eigenvalue weighted by Gasteiger charge is 2.44. The number of halogens is 1. The minimum Gasteiger partial charge on any atom is -0.320 e. The van der Waals surface area contributed by atoms with E-state index in [9.17, 15) is 9.59 Å². The maximum Gasteiger partial charge on any atom is 0.322 e. The van der Waals surface area contributed by atoms with Gasteiger partial charge < -0.3 is 5.32 Å². The summed E-state index contributed by atoms with van der Waals surface area (Å²) in [4.78, 5) is 22.7. The average molecular weight is 225 g/mol. The molecule has 1 saturated heterocycles. The van der Waals surface area contributed by atoms with Crippen molar-refractivity contribution in [2.24, 2.45) is 0 Å². The van der Waals surface area contributed by atoms with Gasteiger partial charge in [-0.3, -0.25) is 10.1 Å². The number of carbonyl (C=O) groups is 2. The standard InChI is InChI=1S/C10H9ClN2O2/c1-10(8(14)12-9(15)13-10)6-4-2-3-5-7(6)11/h2-5H,1H3,(H2,12,13,14,15). The highest BCUT2D eigenvalue weighted by molar-refractivity contribution is 6.32. The maximum atomic E-state index is 11.6. The first-order chi connectivity index (χ1) is 7.04. The smallest absolute Gasteiger partial charge is 0.320 e. The van der Waals surface area contributed by atoms with Crippen molar-refractivity contribution in [1.29, 1.82) is 0 Å². The molecule has 0 radical (unpaired) electrons. The van der Waals surface area contributed by atoms with E-state index in [1.165, 1.54) is 0 Å². The number of urea groups is 1. The Morgan fingerprint density at radius 1 is 1.27 bits per heavy atom. The zero-order chi connectivity index (χ0) is 11.1. The molecular formula is C10H9ClN2O2. The highest BCUT2D eigenvalue weighted by atomic mass is 35.5. The van der Waals surface area contributed by atoms with Crippen molar-refractivity contribution in [3.8, 4) is 0 Å². The third kappa shape index (κ3) is 1.47. The van der Waals surface area contributed by atoms with Gasteiger partial charge in [-0.1, -0.05) is 29.8 Å². The Kier molecular flexibility index (Phi) is 2.16. The number of hydrogen-bond donors (Lipinski definition) is 2. The van der Waals surface area contributed by atoms with Gasteiger partial charge in [0.25, 0.3) is 5.91 Å². The fraction of sp³-hybridized carbons (Fsp3) is 0.200. The Morgan fingerprint density at radius 3 is 2.47 bits per heavy atom. The minimum atomic E-state index is -1.07. The van der Waals surface area contributed by atoms with Crippen LogP contribution in [0.1, 0.15) is 12.5 Å². The summed E-state index contributed by atoms with van der Waals surface area (Å²) in [5.74, 6) is -0.388. The number of hydrogen-bond acceptors (Lipinski definition) is 2. The van der Waals surface area contributed by atoms with Crippen molar-refractivity contribution in [2.45, 2.75) is 12.5 Å². The SMILES string of the molecule is CC1(c2ccccc2Cl)NC(=O)NC1=O. The van der Waals surface area contributed by atoms with Crippen LogP contribution in [-0.4, -0.2) is 11.9 Å². The molecule has 15 heavy (non-hydrogen) atoms. The van der Waals surface area contributed by atoms with Gasteiger partial charge in [0.2, 0.25) is 0 Å². The van der Waals surface area contributed by atoms with Crippen molar-refractivity contribution >= 4 is 23.5 Å². The lowest BCUT2D eigenvalue weighted by molar-refractivity contribution is -0.123. The van der Waals surface area contributed by atoms with E-state index >= 15 is 0 Å². The lowest BCUT2D eigenvalue weighted by Crippen LogP contribution is -2.40. The summed E-state index contributed by atoms with van der Waals surface area (Å²) in [6.45, 7) is 1.62. The number of rotatable bonds is 1. The Balaban J connectivity index is 2.51. The summed E-state index contributed by atoms with van der Waals surface area (Å²) in [6.07, 6.45) is 0. The predicted octanol–water partition coefficient (Wildman–Crippen LogP) is 1.39. The summed E-state index contributed by atoms with van der Waals surface area (Å²) in [6, 6.07) is 6.43. The zero-order valence-electron chi connectivity index (χ0n) is 8.00. The average Bonchev–Trinajstić information content (AvgIpc) is 2.42. The van der Waals surface area contributed by atoms with E-state index in [1.807, 2.05) is 0 Å². The van der Waals surface area contributed by atoms with Gasteiger partial charge in [-0.05, 0) is 13.0 Å². The lowest BCUT2D eigenvalue weighted by atomic mass is 9.92. The first-order valence-corrected chi connectivity index (χ1v) is 4.80. The fourth-order valence-electron chi connectivity index (χ4n) is 1.60. The summed E-state index contributed by atoms with van der Waals surface area (Å²) in [7, 11) is 0. The molecule has 1 atom stereocenters. The number of imide groups is 1. The highest BCUT2D eigenvalue weighted by Crippen LogP contribution is 2.29. The van der Waals surface area contributed by atoms with Crippen LogP contribution in [-0.2, 0) is 10.3 Å². The molecule has 0 spiro atoms. The molecule has 78 valence electrons. The quantitative estimate of drug-likeness (QED) is 0.709. The summed E-state index contributed by atoms with van der Waals surface area (Å²) < 4.78 is 0. The van der Waals surface area contributed by atoms with Gasteiger partial charge in [-0.15, -0.1) is 0 Å². The number of amides is 3. The van der Waals surface area contributed by atoms with Gasteiger partial charge in [-0.2, -0.15) is 0 Å². The molecule has 0 saturated carbocycles. The maximum absolute atomic E-state index is 11.6. The third-order valence-corrected chi connectivity index (χ3v) is 2.79. The molecule has 3 amide bonds. The Morgan fingerprint density at radius 2 is 1.93 bits per heavy atom. The van der Waals surface area contributed by atoms with Crippen LogP contribution in [0.4, 0.5) is 4.79 Å². The molecule has 0 aromatic heterocycles. The van der Waals surface area contributed by atoms with Crippen LogP contribution in [0.25, 0.3) is 0 Å². The second kappa shape index (κ2) is 3.24. The third-order valence-electron chi connectivity index (χ3n) is 2.46. The van der Waals surface area contributed by atoms with Gasteiger partial charge in [0.1, 0.15) is 5.54 Å². The predicted molar refractivity (Wildman–Crippen MR) is 55.5 cm³/mol. The molecule has 2 rings (SSSR count). The zero-order valence-corrected chi connectivity index (χ0v) is 8.76. The van der Waals surface area contributed by atoms with E-state index in [1.54, 1.807) is 31.2 Å². The number of carbonyl (C=O) groups excluding carboxylic acids is 2. The first-order valence-electron chi connectivity index (χ1n) is 4.42. The molecule has 0 bridgehead atoms. The second-order valence-corrected chi connectivity index (χ2v) is 3.92. The van der Waals surface area contributed by atoms with Gasteiger partial charge in [0.05, 0.1) is 0 Å². The van der Waals surface area contributed by atoms with Crippen molar-refractivity contribution in [2.75, 3.05) is 0 Å². The molecule has 1 aliphatic rings. The lowest BCUT2D eigenvalue weighted by Gasteiger charge is -2.21. The van der Waals surface area contributed by atoms with Gasteiger partial charge in [0, 0.05) is 10.6 Å². The van der Waals surface area contributed by atoms with Crippen molar-refractivity contribution in [3.05, 3.63) is 34.9 Å². The monoisotopic (exact) mass is 224 g/mol. The van der Waals surface area contributed by atoms with E-state index in [0.29, 0.717) is 10.6 Å². The Hall–Kier alpha value is -1.55. The molecular weight excluding hydrogens is 216 g/mol. The molecule has 1 aliphatic heterocycles. The van der Waals surface area contributed by atoms with Crippen LogP contribution in [0.15, 0.2) is 24.3 Å². The van der Waals surface area contributed by atoms with Gasteiger partial charge >= 0.3 is 6.03 Å². The summed E-state index contributed by atoms with van der Waals surface area (Å²) >= 11 is 5.98. The van der Waals surface area contributed by atoms with E-state index in [2.05, 4.69) is 10.6 Å². The van der Waals surface area contributed by atoms with Crippen LogP contribution in [0.3, 0.4) is 0 Å². The number of nitrogens with one attached hydrogen (secondary N) is 2. The second-order valence-electron chi connectivity index (χ2n) is 3.51. The van der Waals surface area contributed by atoms with E-state index < -0.39 is 11.6 Å². The van der Waals surface area contributed by atoms with E-state index in [4.69, 9.17) is 11.6 Å². The van der Waals surface area contributed by atoms with Crippen LogP contribution in [0.5, 0.6) is 0 Å². The fourth-order valence-corrected chi connectivity index (χ4v) is 1.92. The van der Waals surface area contributed by atoms with Crippen LogP contribution in [0.2, 0.25) is 5.02 Å². The van der Waals surface area contributed by atoms with Gasteiger partial charge in [-0.25, -0.2) is 4.79 Å². The molecule has 1 fully saturated rings. The summed E-state index contributed by atoms with van der Waals surface area (Å²) in [5.41, 5.74) is -0.481. The number of benzene rings is 1. The van der Waals surface area contributed by atoms with E-state index in [0.717, 1.165) is 0 Å². The molecule has 0 aliphatic carbocycles. The Labute approximate surface area is 91.6 Å². The molecule has 1 aromatic carbocycles. The minimum absolute atomic E-state index is 0.388. The molecule has 1 aromatic rings. The summed E-state index contributed by atoms with van der Waals surface area (Å²) in [5, 5.41) is 5.19. The van der Waals surface area contributed by atoms with E-state index in [-0.39, 0.29) is 5.91 Å². The van der Waals surface area contributed by atoms with Crippen molar-refractivity contribution in [1.82, 2.24) is 10.6 Å². The van der Waals surface area contributed by atoms with Crippen LogP contribution >= 0.6 is 11.6 Å². The van der Waals surface area contributed by atoms with Crippen LogP contribution in [0, 0.1) is 0 Å². The van der Waals surface area contributed by atoms with Gasteiger partial charge in [0.15, 0.2) is 0 Å².